The fourth-order valence-corrected chi connectivity index (χ4v) is 2.93. The maximum absolute atomic E-state index is 12.2. The van der Waals surface area contributed by atoms with Gasteiger partial charge in [-0.1, -0.05) is 12.1 Å². The molecule has 2 aromatic rings. The summed E-state index contributed by atoms with van der Waals surface area (Å²) in [5, 5.41) is 10.4. The first-order chi connectivity index (χ1) is 12.8. The summed E-state index contributed by atoms with van der Waals surface area (Å²) in [7, 11) is 1.70. The van der Waals surface area contributed by atoms with Gasteiger partial charge in [-0.2, -0.15) is 10.1 Å². The molecule has 1 amide bonds. The van der Waals surface area contributed by atoms with Crippen molar-refractivity contribution >= 4 is 11.9 Å². The lowest BCUT2D eigenvalue weighted by Gasteiger charge is -2.19. The molecule has 0 saturated carbocycles. The van der Waals surface area contributed by atoms with Crippen LogP contribution in [0, 0.1) is 0 Å². The second-order valence-electron chi connectivity index (χ2n) is 6.36. The molecule has 1 aromatic heterocycles. The van der Waals surface area contributed by atoms with Crippen LogP contribution < -0.4 is 15.4 Å². The standard InChI is InChI=1S/C17H20F3N5O2/c1-25-16(23-15(24-25)12-6-8-21-9-7-12)22-14(26)10-11-2-4-13(5-3-11)27-17(18,19)20/h2-5,12,21H,6-10H2,1H3,(H,22,23,24,26). The molecule has 0 radical (unpaired) electrons. The zero-order valence-corrected chi connectivity index (χ0v) is 14.7. The van der Waals surface area contributed by atoms with E-state index in [-0.39, 0.29) is 24.0 Å². The van der Waals surface area contributed by atoms with Gasteiger partial charge in [0.05, 0.1) is 6.42 Å². The van der Waals surface area contributed by atoms with Crippen LogP contribution in [0.1, 0.15) is 30.1 Å². The van der Waals surface area contributed by atoms with E-state index in [0.29, 0.717) is 17.3 Å². The Morgan fingerprint density at radius 1 is 1.30 bits per heavy atom. The summed E-state index contributed by atoms with van der Waals surface area (Å²) >= 11 is 0. The first kappa shape index (κ1) is 19.2. The molecule has 0 unspecified atom stereocenters. The number of ether oxygens (including phenoxy) is 1. The zero-order chi connectivity index (χ0) is 19.4. The second-order valence-corrected chi connectivity index (χ2v) is 6.36. The van der Waals surface area contributed by atoms with Crippen molar-refractivity contribution in [2.24, 2.45) is 7.05 Å². The van der Waals surface area contributed by atoms with E-state index < -0.39 is 6.36 Å². The summed E-state index contributed by atoms with van der Waals surface area (Å²) in [5.41, 5.74) is 0.558. The summed E-state index contributed by atoms with van der Waals surface area (Å²) < 4.78 is 41.8. The Kier molecular flexibility index (Phi) is 5.64. The van der Waals surface area contributed by atoms with Crippen LogP contribution in [0.3, 0.4) is 0 Å². The molecule has 146 valence electrons. The molecule has 1 aromatic carbocycles. The number of anilines is 1. The van der Waals surface area contributed by atoms with E-state index in [4.69, 9.17) is 0 Å². The van der Waals surface area contributed by atoms with Crippen molar-refractivity contribution in [3.63, 3.8) is 0 Å². The predicted octanol–water partition coefficient (Wildman–Crippen LogP) is 2.36. The third-order valence-electron chi connectivity index (χ3n) is 4.26. The second kappa shape index (κ2) is 7.95. The van der Waals surface area contributed by atoms with Crippen LogP contribution in [0.2, 0.25) is 0 Å². The van der Waals surface area contributed by atoms with Gasteiger partial charge in [-0.25, -0.2) is 4.68 Å². The van der Waals surface area contributed by atoms with Crippen LogP contribution >= 0.6 is 0 Å². The highest BCUT2D eigenvalue weighted by Gasteiger charge is 2.31. The minimum Gasteiger partial charge on any atom is -0.406 e. The summed E-state index contributed by atoms with van der Waals surface area (Å²) in [6.45, 7) is 1.83. The lowest BCUT2D eigenvalue weighted by atomic mass is 9.98. The summed E-state index contributed by atoms with van der Waals surface area (Å²) in [4.78, 5) is 16.6. The van der Waals surface area contributed by atoms with Gasteiger partial charge in [0.15, 0.2) is 5.82 Å². The van der Waals surface area contributed by atoms with Gasteiger partial charge in [-0.05, 0) is 43.6 Å². The van der Waals surface area contributed by atoms with E-state index in [9.17, 15) is 18.0 Å². The number of rotatable bonds is 5. The average molecular weight is 383 g/mol. The molecule has 10 heteroatoms. The largest absolute Gasteiger partial charge is 0.573 e. The molecule has 1 aliphatic heterocycles. The molecule has 2 N–H and O–H groups in total. The Bertz CT molecular complexity index is 783. The summed E-state index contributed by atoms with van der Waals surface area (Å²) in [6, 6.07) is 5.18. The number of carbonyl (C=O) groups is 1. The minimum atomic E-state index is -4.74. The van der Waals surface area contributed by atoms with Crippen molar-refractivity contribution in [3.8, 4) is 5.75 Å². The number of hydrogen-bond acceptors (Lipinski definition) is 5. The lowest BCUT2D eigenvalue weighted by Crippen LogP contribution is -2.27. The van der Waals surface area contributed by atoms with Gasteiger partial charge in [0.2, 0.25) is 11.9 Å². The summed E-state index contributed by atoms with van der Waals surface area (Å²) in [5.74, 6) is 0.677. The van der Waals surface area contributed by atoms with Crippen LogP contribution in [0.15, 0.2) is 24.3 Å². The van der Waals surface area contributed by atoms with Crippen LogP contribution in [-0.4, -0.2) is 40.1 Å². The number of alkyl halides is 3. The van der Waals surface area contributed by atoms with Gasteiger partial charge in [-0.3, -0.25) is 10.1 Å². The molecule has 7 nitrogen and oxygen atoms in total. The molecule has 0 atom stereocenters. The van der Waals surface area contributed by atoms with E-state index in [1.54, 1.807) is 7.05 Å². The topological polar surface area (TPSA) is 81.1 Å². The normalized spacial score (nSPS) is 15.6. The number of nitrogens with one attached hydrogen (secondary N) is 2. The fourth-order valence-electron chi connectivity index (χ4n) is 2.93. The third kappa shape index (κ3) is 5.43. The quantitative estimate of drug-likeness (QED) is 0.829. The number of aromatic nitrogens is 3. The molecule has 0 aliphatic carbocycles. The molecule has 27 heavy (non-hydrogen) atoms. The van der Waals surface area contributed by atoms with Crippen molar-refractivity contribution in [2.45, 2.75) is 31.5 Å². The number of hydrogen-bond donors (Lipinski definition) is 2. The highest BCUT2D eigenvalue weighted by atomic mass is 19.4. The van der Waals surface area contributed by atoms with Crippen LogP contribution in [0.25, 0.3) is 0 Å². The first-order valence-electron chi connectivity index (χ1n) is 8.56. The van der Waals surface area contributed by atoms with E-state index in [1.165, 1.54) is 28.9 Å². The van der Waals surface area contributed by atoms with Crippen molar-refractivity contribution in [2.75, 3.05) is 18.4 Å². The zero-order valence-electron chi connectivity index (χ0n) is 14.7. The molecule has 2 heterocycles. The summed E-state index contributed by atoms with van der Waals surface area (Å²) in [6.07, 6.45) is -2.84. The Balaban J connectivity index is 1.58. The van der Waals surface area contributed by atoms with E-state index in [0.717, 1.165) is 25.9 Å². The molecular weight excluding hydrogens is 363 g/mol. The van der Waals surface area contributed by atoms with Gasteiger partial charge < -0.3 is 10.1 Å². The average Bonchev–Trinajstić information content (AvgIpc) is 2.97. The predicted molar refractivity (Wildman–Crippen MR) is 91.3 cm³/mol. The molecule has 1 aliphatic rings. The van der Waals surface area contributed by atoms with Crippen LogP contribution in [-0.2, 0) is 18.3 Å². The number of benzene rings is 1. The molecule has 1 saturated heterocycles. The lowest BCUT2D eigenvalue weighted by molar-refractivity contribution is -0.274. The van der Waals surface area contributed by atoms with Crippen LogP contribution in [0.5, 0.6) is 5.75 Å². The SMILES string of the molecule is Cn1nc(C2CCNCC2)nc1NC(=O)Cc1ccc(OC(F)(F)F)cc1. The van der Waals surface area contributed by atoms with Gasteiger partial charge in [0.25, 0.3) is 0 Å². The van der Waals surface area contributed by atoms with Gasteiger partial charge in [0, 0.05) is 13.0 Å². The smallest absolute Gasteiger partial charge is 0.406 e. The maximum atomic E-state index is 12.2. The third-order valence-corrected chi connectivity index (χ3v) is 4.26. The number of carbonyl (C=O) groups excluding carboxylic acids is 1. The molecule has 3 rings (SSSR count). The molecule has 0 spiro atoms. The van der Waals surface area contributed by atoms with E-state index in [2.05, 4.69) is 25.5 Å². The fraction of sp³-hybridized carbons (Fsp3) is 0.471. The minimum absolute atomic E-state index is 0.00183. The van der Waals surface area contributed by atoms with Crippen molar-refractivity contribution < 1.29 is 22.7 Å². The van der Waals surface area contributed by atoms with Crippen molar-refractivity contribution in [1.29, 1.82) is 0 Å². The number of amides is 1. The van der Waals surface area contributed by atoms with Crippen molar-refractivity contribution in [1.82, 2.24) is 20.1 Å². The highest BCUT2D eigenvalue weighted by molar-refractivity contribution is 5.90. The van der Waals surface area contributed by atoms with E-state index in [1.807, 2.05) is 0 Å². The molecule has 0 bridgehead atoms. The molecule has 1 fully saturated rings. The van der Waals surface area contributed by atoms with Gasteiger partial charge >= 0.3 is 6.36 Å². The molecular formula is C17H20F3N5O2. The number of nitrogens with zero attached hydrogens (tertiary/aromatic N) is 3. The van der Waals surface area contributed by atoms with Crippen molar-refractivity contribution in [3.05, 3.63) is 35.7 Å². The van der Waals surface area contributed by atoms with Gasteiger partial charge in [-0.15, -0.1) is 13.2 Å². The highest BCUT2D eigenvalue weighted by Crippen LogP contribution is 2.24. The Labute approximate surface area is 153 Å². The first-order valence-corrected chi connectivity index (χ1v) is 8.56. The number of piperidine rings is 1. The van der Waals surface area contributed by atoms with E-state index >= 15 is 0 Å². The Morgan fingerprint density at radius 3 is 2.59 bits per heavy atom. The van der Waals surface area contributed by atoms with Gasteiger partial charge in [0.1, 0.15) is 5.75 Å². The Morgan fingerprint density at radius 2 is 1.96 bits per heavy atom. The van der Waals surface area contributed by atoms with Crippen LogP contribution in [0.4, 0.5) is 19.1 Å². The monoisotopic (exact) mass is 383 g/mol. The maximum Gasteiger partial charge on any atom is 0.573 e. The Hall–Kier alpha value is -2.62. The number of aryl methyl sites for hydroxylation is 1. The number of halogens is 3.